The predicted octanol–water partition coefficient (Wildman–Crippen LogP) is 4.34. The van der Waals surface area contributed by atoms with E-state index in [1.54, 1.807) is 0 Å². The number of aryl methyl sites for hydroxylation is 3. The predicted molar refractivity (Wildman–Crippen MR) is 87.3 cm³/mol. The van der Waals surface area contributed by atoms with Crippen LogP contribution in [0, 0.1) is 20.8 Å². The number of nitrogens with zero attached hydrogens (tertiary/aromatic N) is 1. The van der Waals surface area contributed by atoms with Crippen molar-refractivity contribution in [3.8, 4) is 11.6 Å². The molecule has 1 atom stereocenters. The summed E-state index contributed by atoms with van der Waals surface area (Å²) >= 11 is 6.04. The minimum absolute atomic E-state index is 0.124. The number of benzene rings is 1. The maximum Gasteiger partial charge on any atom is 0.222 e. The molecule has 0 aliphatic carbocycles. The van der Waals surface area contributed by atoms with Crippen LogP contribution in [0.1, 0.15) is 29.2 Å². The molecule has 112 valence electrons. The van der Waals surface area contributed by atoms with Gasteiger partial charge in [0.2, 0.25) is 5.88 Å². The quantitative estimate of drug-likeness (QED) is 0.914. The third-order valence-corrected chi connectivity index (χ3v) is 3.49. The fraction of sp³-hybridized carbons (Fsp3) is 0.353. The average Bonchev–Trinajstić information content (AvgIpc) is 2.35. The first kappa shape index (κ1) is 15.8. The lowest BCUT2D eigenvalue weighted by Crippen LogP contribution is -2.17. The van der Waals surface area contributed by atoms with Gasteiger partial charge in [-0.2, -0.15) is 0 Å². The Balaban J connectivity index is 2.28. The van der Waals surface area contributed by atoms with Gasteiger partial charge in [0.1, 0.15) is 5.75 Å². The molecule has 3 nitrogen and oxygen atoms in total. The van der Waals surface area contributed by atoms with Crippen LogP contribution in [0.2, 0.25) is 5.02 Å². The number of hydrogen-bond donors (Lipinski definition) is 1. The summed E-state index contributed by atoms with van der Waals surface area (Å²) in [5, 5.41) is 0.717. The van der Waals surface area contributed by atoms with Crippen LogP contribution in [0.3, 0.4) is 0 Å². The molecule has 2 rings (SSSR count). The second kappa shape index (κ2) is 6.46. The Labute approximate surface area is 131 Å². The van der Waals surface area contributed by atoms with Gasteiger partial charge in [0.15, 0.2) is 0 Å². The summed E-state index contributed by atoms with van der Waals surface area (Å²) in [5.41, 5.74) is 9.95. The smallest absolute Gasteiger partial charge is 0.222 e. The Kier molecular flexibility index (Phi) is 4.86. The molecule has 0 spiro atoms. The molecule has 0 bridgehead atoms. The van der Waals surface area contributed by atoms with Crippen molar-refractivity contribution in [3.63, 3.8) is 0 Å². The number of rotatable bonds is 4. The second-order valence-corrected chi connectivity index (χ2v) is 6.05. The van der Waals surface area contributed by atoms with Crippen LogP contribution in [-0.4, -0.2) is 11.0 Å². The number of aromatic nitrogens is 1. The van der Waals surface area contributed by atoms with E-state index >= 15 is 0 Å². The number of hydrogen-bond acceptors (Lipinski definition) is 3. The molecule has 0 fully saturated rings. The Morgan fingerprint density at radius 1 is 1.14 bits per heavy atom. The SMILES string of the molecule is Cc1cc(CC(C)N)cnc1Oc1c(C)cc(Cl)cc1C. The first-order valence-electron chi connectivity index (χ1n) is 7.02. The Morgan fingerprint density at radius 2 is 1.76 bits per heavy atom. The summed E-state index contributed by atoms with van der Waals surface area (Å²) in [6.45, 7) is 7.94. The van der Waals surface area contributed by atoms with Crippen molar-refractivity contribution in [3.05, 3.63) is 51.7 Å². The van der Waals surface area contributed by atoms with E-state index in [2.05, 4.69) is 11.1 Å². The third-order valence-electron chi connectivity index (χ3n) is 3.27. The summed E-state index contributed by atoms with van der Waals surface area (Å²) < 4.78 is 5.98. The molecular formula is C17H21ClN2O. The summed E-state index contributed by atoms with van der Waals surface area (Å²) in [6.07, 6.45) is 2.64. The van der Waals surface area contributed by atoms with E-state index in [-0.39, 0.29) is 6.04 Å². The molecule has 1 aromatic carbocycles. The molecule has 21 heavy (non-hydrogen) atoms. The number of nitrogens with two attached hydrogens (primary N) is 1. The van der Waals surface area contributed by atoms with Gasteiger partial charge in [-0.1, -0.05) is 11.6 Å². The highest BCUT2D eigenvalue weighted by Gasteiger charge is 2.11. The summed E-state index contributed by atoms with van der Waals surface area (Å²) in [5.74, 6) is 1.44. The average molecular weight is 305 g/mol. The molecule has 1 unspecified atom stereocenters. The van der Waals surface area contributed by atoms with Gasteiger partial charge in [-0.05, 0) is 69.0 Å². The van der Waals surface area contributed by atoms with Crippen molar-refractivity contribution in [2.24, 2.45) is 5.73 Å². The minimum Gasteiger partial charge on any atom is -0.438 e. The van der Waals surface area contributed by atoms with Crippen molar-refractivity contribution in [2.75, 3.05) is 0 Å². The summed E-state index contributed by atoms with van der Waals surface area (Å²) in [7, 11) is 0. The molecule has 0 saturated heterocycles. The Hall–Kier alpha value is -1.58. The van der Waals surface area contributed by atoms with E-state index in [1.807, 2.05) is 46.0 Å². The highest BCUT2D eigenvalue weighted by atomic mass is 35.5. The van der Waals surface area contributed by atoms with Crippen molar-refractivity contribution in [1.82, 2.24) is 4.98 Å². The van der Waals surface area contributed by atoms with Gasteiger partial charge in [-0.25, -0.2) is 4.98 Å². The number of ether oxygens (including phenoxy) is 1. The molecule has 0 aliphatic heterocycles. The Morgan fingerprint density at radius 3 is 2.29 bits per heavy atom. The lowest BCUT2D eigenvalue weighted by atomic mass is 10.1. The van der Waals surface area contributed by atoms with Crippen LogP contribution in [-0.2, 0) is 6.42 Å². The van der Waals surface area contributed by atoms with Gasteiger partial charge in [0.05, 0.1) is 0 Å². The molecule has 4 heteroatoms. The highest BCUT2D eigenvalue weighted by molar-refractivity contribution is 6.30. The summed E-state index contributed by atoms with van der Waals surface area (Å²) in [4.78, 5) is 4.42. The zero-order valence-electron chi connectivity index (χ0n) is 12.9. The van der Waals surface area contributed by atoms with E-state index in [0.717, 1.165) is 34.4 Å². The zero-order valence-corrected chi connectivity index (χ0v) is 13.7. The molecule has 0 saturated carbocycles. The molecule has 0 amide bonds. The topological polar surface area (TPSA) is 48.1 Å². The van der Waals surface area contributed by atoms with Crippen LogP contribution in [0.4, 0.5) is 0 Å². The number of pyridine rings is 1. The maximum absolute atomic E-state index is 6.04. The van der Waals surface area contributed by atoms with Crippen LogP contribution >= 0.6 is 11.6 Å². The largest absolute Gasteiger partial charge is 0.438 e. The lowest BCUT2D eigenvalue weighted by molar-refractivity contribution is 0.451. The first-order valence-corrected chi connectivity index (χ1v) is 7.40. The molecule has 1 aromatic heterocycles. The monoisotopic (exact) mass is 304 g/mol. The van der Waals surface area contributed by atoms with Gasteiger partial charge < -0.3 is 10.5 Å². The maximum atomic E-state index is 6.04. The Bertz CT molecular complexity index is 630. The van der Waals surface area contributed by atoms with Crippen LogP contribution in [0.5, 0.6) is 11.6 Å². The molecule has 1 heterocycles. The van der Waals surface area contributed by atoms with Crippen LogP contribution in [0.25, 0.3) is 0 Å². The second-order valence-electron chi connectivity index (χ2n) is 5.62. The zero-order chi connectivity index (χ0) is 15.6. The van der Waals surface area contributed by atoms with Gasteiger partial charge >= 0.3 is 0 Å². The molecular weight excluding hydrogens is 284 g/mol. The van der Waals surface area contributed by atoms with Gasteiger partial charge in [0, 0.05) is 22.8 Å². The third kappa shape index (κ3) is 3.96. The molecule has 0 radical (unpaired) electrons. The van der Waals surface area contributed by atoms with Gasteiger partial charge in [-0.15, -0.1) is 0 Å². The van der Waals surface area contributed by atoms with Crippen molar-refractivity contribution in [2.45, 2.75) is 40.2 Å². The normalized spacial score (nSPS) is 12.3. The van der Waals surface area contributed by atoms with Crippen LogP contribution in [0.15, 0.2) is 24.4 Å². The molecule has 2 N–H and O–H groups in total. The van der Waals surface area contributed by atoms with E-state index in [9.17, 15) is 0 Å². The first-order chi connectivity index (χ1) is 9.86. The van der Waals surface area contributed by atoms with E-state index in [0.29, 0.717) is 10.9 Å². The van der Waals surface area contributed by atoms with E-state index in [4.69, 9.17) is 22.1 Å². The highest BCUT2D eigenvalue weighted by Crippen LogP contribution is 2.31. The standard InChI is InChI=1S/C17H21ClN2O/c1-10-6-15(18)7-11(2)16(10)21-17-12(3)5-14(9-20-17)8-13(4)19/h5-7,9,13H,8,19H2,1-4H3. The van der Waals surface area contributed by atoms with Crippen LogP contribution < -0.4 is 10.5 Å². The fourth-order valence-corrected chi connectivity index (χ4v) is 2.69. The van der Waals surface area contributed by atoms with Gasteiger partial charge in [0.25, 0.3) is 0 Å². The van der Waals surface area contributed by atoms with Crippen molar-refractivity contribution >= 4 is 11.6 Å². The summed E-state index contributed by atoms with van der Waals surface area (Å²) in [6, 6.07) is 5.98. The lowest BCUT2D eigenvalue weighted by Gasteiger charge is -2.14. The van der Waals surface area contributed by atoms with E-state index < -0.39 is 0 Å². The van der Waals surface area contributed by atoms with Crippen molar-refractivity contribution in [1.29, 1.82) is 0 Å². The van der Waals surface area contributed by atoms with Gasteiger partial charge in [-0.3, -0.25) is 0 Å². The van der Waals surface area contributed by atoms with Crippen molar-refractivity contribution < 1.29 is 4.74 Å². The fourth-order valence-electron chi connectivity index (χ4n) is 2.37. The minimum atomic E-state index is 0.124. The number of halogens is 1. The molecule has 2 aromatic rings. The molecule has 0 aliphatic rings. The van der Waals surface area contributed by atoms with E-state index in [1.165, 1.54) is 0 Å².